The number of amides is 1. The number of carbonyl (C=O) groups is 1. The van der Waals surface area contributed by atoms with E-state index in [1.165, 1.54) is 0 Å². The van der Waals surface area contributed by atoms with Crippen LogP contribution in [0.5, 0.6) is 0 Å². The van der Waals surface area contributed by atoms with Crippen LogP contribution in [0, 0.1) is 20.8 Å². The topological polar surface area (TPSA) is 101 Å². The summed E-state index contributed by atoms with van der Waals surface area (Å²) in [5.74, 6) is -0.173. The first-order valence-electron chi connectivity index (χ1n) is 7.02. The van der Waals surface area contributed by atoms with Crippen molar-refractivity contribution in [1.82, 2.24) is 35.3 Å². The summed E-state index contributed by atoms with van der Waals surface area (Å²) >= 11 is 0. The van der Waals surface area contributed by atoms with Crippen molar-refractivity contribution in [1.29, 1.82) is 0 Å². The van der Waals surface area contributed by atoms with Crippen molar-refractivity contribution in [3.63, 3.8) is 0 Å². The van der Waals surface area contributed by atoms with E-state index in [0.29, 0.717) is 29.9 Å². The summed E-state index contributed by atoms with van der Waals surface area (Å²) in [7, 11) is 0. The fourth-order valence-corrected chi connectivity index (χ4v) is 2.43. The Morgan fingerprint density at radius 3 is 2.91 bits per heavy atom. The minimum atomic E-state index is -0.173. The average Bonchev–Trinajstić information content (AvgIpc) is 3.06. The summed E-state index contributed by atoms with van der Waals surface area (Å²) in [6, 6.07) is 1.94. The van der Waals surface area contributed by atoms with Crippen molar-refractivity contribution >= 4 is 11.6 Å². The third-order valence-corrected chi connectivity index (χ3v) is 3.43. The maximum Gasteiger partial charge on any atom is 0.257 e. The molecule has 114 valence electrons. The molecule has 0 saturated heterocycles. The highest BCUT2D eigenvalue weighted by Crippen LogP contribution is 2.16. The third kappa shape index (κ3) is 2.54. The van der Waals surface area contributed by atoms with Gasteiger partial charge in [0.25, 0.3) is 5.91 Å². The highest BCUT2D eigenvalue weighted by Gasteiger charge is 2.19. The van der Waals surface area contributed by atoms with E-state index < -0.39 is 0 Å². The maximum absolute atomic E-state index is 12.4. The largest absolute Gasteiger partial charge is 0.351 e. The number of rotatable bonds is 4. The van der Waals surface area contributed by atoms with E-state index in [1.807, 2.05) is 26.8 Å². The summed E-state index contributed by atoms with van der Waals surface area (Å²) < 4.78 is 1.70. The first-order chi connectivity index (χ1) is 10.6. The zero-order valence-corrected chi connectivity index (χ0v) is 12.7. The molecule has 3 rings (SSSR count). The fraction of sp³-hybridized carbons (Fsp3) is 0.357. The van der Waals surface area contributed by atoms with Crippen molar-refractivity contribution in [2.75, 3.05) is 6.54 Å². The molecule has 22 heavy (non-hydrogen) atoms. The van der Waals surface area contributed by atoms with E-state index in [2.05, 4.69) is 30.8 Å². The van der Waals surface area contributed by atoms with Gasteiger partial charge in [0.15, 0.2) is 5.65 Å². The molecule has 0 atom stereocenters. The summed E-state index contributed by atoms with van der Waals surface area (Å²) in [5.41, 5.74) is 4.40. The van der Waals surface area contributed by atoms with Gasteiger partial charge in [-0.25, -0.2) is 9.50 Å². The summed E-state index contributed by atoms with van der Waals surface area (Å²) in [5, 5.41) is 17.5. The van der Waals surface area contributed by atoms with E-state index in [1.54, 1.807) is 10.7 Å². The van der Waals surface area contributed by atoms with Crippen LogP contribution < -0.4 is 5.32 Å². The molecule has 0 fully saturated rings. The van der Waals surface area contributed by atoms with Crippen molar-refractivity contribution in [2.24, 2.45) is 0 Å². The fourth-order valence-electron chi connectivity index (χ4n) is 2.43. The van der Waals surface area contributed by atoms with Gasteiger partial charge in [-0.15, -0.1) is 0 Å². The predicted octanol–water partition coefficient (Wildman–Crippen LogP) is 0.745. The molecule has 0 radical (unpaired) electrons. The number of H-pyrrole nitrogens is 1. The van der Waals surface area contributed by atoms with Gasteiger partial charge in [0.2, 0.25) is 0 Å². The monoisotopic (exact) mass is 299 g/mol. The quantitative estimate of drug-likeness (QED) is 0.740. The zero-order valence-electron chi connectivity index (χ0n) is 12.7. The second kappa shape index (κ2) is 5.55. The number of fused-ring (bicyclic) bond motifs is 1. The molecule has 0 aliphatic heterocycles. The standard InChI is InChI=1S/C14H17N7O/c1-8-6-9(2)21-13(17-8)12(10(3)19-21)14(22)15-5-4-11-7-16-20-18-11/h6-7H,4-5H2,1-3H3,(H,15,22)(H,16,18,20). The Morgan fingerprint density at radius 1 is 1.36 bits per heavy atom. The van der Waals surface area contributed by atoms with Gasteiger partial charge < -0.3 is 5.32 Å². The smallest absolute Gasteiger partial charge is 0.257 e. The minimum Gasteiger partial charge on any atom is -0.351 e. The highest BCUT2D eigenvalue weighted by atomic mass is 16.1. The van der Waals surface area contributed by atoms with Crippen LogP contribution >= 0.6 is 0 Å². The molecule has 0 bridgehead atoms. The van der Waals surface area contributed by atoms with Gasteiger partial charge >= 0.3 is 0 Å². The highest BCUT2D eigenvalue weighted by molar-refractivity contribution is 6.01. The number of carbonyl (C=O) groups excluding carboxylic acids is 1. The van der Waals surface area contributed by atoms with Crippen LogP contribution in [0.3, 0.4) is 0 Å². The Bertz CT molecular complexity index is 819. The lowest BCUT2D eigenvalue weighted by Gasteiger charge is -2.04. The molecule has 3 heterocycles. The number of aromatic nitrogens is 6. The van der Waals surface area contributed by atoms with Gasteiger partial charge in [0.05, 0.1) is 17.6 Å². The SMILES string of the molecule is Cc1cc(C)n2nc(C)c(C(=O)NCCc3cn[nH]n3)c2n1. The minimum absolute atomic E-state index is 0.173. The van der Waals surface area contributed by atoms with Gasteiger partial charge in [-0.1, -0.05) is 0 Å². The van der Waals surface area contributed by atoms with Crippen LogP contribution in [0.2, 0.25) is 0 Å². The van der Waals surface area contributed by atoms with E-state index >= 15 is 0 Å². The van der Waals surface area contributed by atoms with Crippen LogP contribution in [0.15, 0.2) is 12.3 Å². The molecule has 8 nitrogen and oxygen atoms in total. The van der Waals surface area contributed by atoms with Gasteiger partial charge in [-0.2, -0.15) is 20.5 Å². The summed E-state index contributed by atoms with van der Waals surface area (Å²) in [6.07, 6.45) is 2.26. The van der Waals surface area contributed by atoms with Gasteiger partial charge in [-0.3, -0.25) is 4.79 Å². The molecule has 3 aromatic rings. The molecule has 0 aliphatic carbocycles. The number of nitrogens with zero attached hydrogens (tertiary/aromatic N) is 5. The van der Waals surface area contributed by atoms with Crippen LogP contribution in [-0.2, 0) is 6.42 Å². The second-order valence-corrected chi connectivity index (χ2v) is 5.20. The molecule has 0 aromatic carbocycles. The lowest BCUT2D eigenvalue weighted by Crippen LogP contribution is -2.26. The molecule has 0 aliphatic rings. The molecule has 0 saturated carbocycles. The number of nitrogens with one attached hydrogen (secondary N) is 2. The Labute approximate surface area is 127 Å². The molecular formula is C14H17N7O. The Kier molecular flexibility index (Phi) is 3.58. The van der Waals surface area contributed by atoms with E-state index in [-0.39, 0.29) is 5.91 Å². The van der Waals surface area contributed by atoms with Crippen molar-refractivity contribution in [2.45, 2.75) is 27.2 Å². The molecule has 2 N–H and O–H groups in total. The lowest BCUT2D eigenvalue weighted by molar-refractivity contribution is 0.0955. The molecule has 3 aromatic heterocycles. The molecule has 0 spiro atoms. The normalized spacial score (nSPS) is 11.0. The van der Waals surface area contributed by atoms with Gasteiger partial charge in [0, 0.05) is 24.4 Å². The molecule has 1 amide bonds. The lowest BCUT2D eigenvalue weighted by atomic mass is 10.2. The number of aromatic amines is 1. The molecule has 8 heteroatoms. The first-order valence-corrected chi connectivity index (χ1v) is 7.02. The number of aryl methyl sites for hydroxylation is 3. The summed E-state index contributed by atoms with van der Waals surface area (Å²) in [6.45, 7) is 6.14. The third-order valence-electron chi connectivity index (χ3n) is 3.43. The van der Waals surface area contributed by atoms with E-state index in [4.69, 9.17) is 0 Å². The van der Waals surface area contributed by atoms with Crippen LogP contribution in [0.4, 0.5) is 0 Å². The molecular weight excluding hydrogens is 282 g/mol. The maximum atomic E-state index is 12.4. The van der Waals surface area contributed by atoms with Crippen LogP contribution in [0.1, 0.15) is 33.1 Å². The van der Waals surface area contributed by atoms with Crippen LogP contribution in [-0.4, -0.2) is 42.5 Å². The predicted molar refractivity (Wildman–Crippen MR) is 79.6 cm³/mol. The number of hydrogen-bond donors (Lipinski definition) is 2. The summed E-state index contributed by atoms with van der Waals surface area (Å²) in [4.78, 5) is 16.9. The van der Waals surface area contributed by atoms with Crippen molar-refractivity contribution in [3.8, 4) is 0 Å². The average molecular weight is 299 g/mol. The zero-order chi connectivity index (χ0) is 15.7. The van der Waals surface area contributed by atoms with Crippen molar-refractivity contribution < 1.29 is 4.79 Å². The Hall–Kier alpha value is -2.77. The second-order valence-electron chi connectivity index (χ2n) is 5.20. The number of hydrogen-bond acceptors (Lipinski definition) is 5. The van der Waals surface area contributed by atoms with Crippen molar-refractivity contribution in [3.05, 3.63) is 40.6 Å². The van der Waals surface area contributed by atoms with E-state index in [9.17, 15) is 4.79 Å². The van der Waals surface area contributed by atoms with Crippen LogP contribution in [0.25, 0.3) is 5.65 Å². The van der Waals surface area contributed by atoms with Gasteiger partial charge in [0.1, 0.15) is 5.56 Å². The molecule has 0 unspecified atom stereocenters. The van der Waals surface area contributed by atoms with Gasteiger partial charge in [-0.05, 0) is 26.8 Å². The Balaban J connectivity index is 1.82. The van der Waals surface area contributed by atoms with E-state index in [0.717, 1.165) is 17.1 Å². The Morgan fingerprint density at radius 2 is 2.18 bits per heavy atom. The first kappa shape index (κ1) is 14.2.